The average molecular weight is 639 g/mol. The van der Waals surface area contributed by atoms with E-state index in [4.69, 9.17) is 11.5 Å². The van der Waals surface area contributed by atoms with Gasteiger partial charge in [0, 0.05) is 37.3 Å². The molecule has 4 N–H and O–H groups in total. The van der Waals surface area contributed by atoms with E-state index in [1.165, 1.54) is 24.3 Å². The zero-order valence-corrected chi connectivity index (χ0v) is 26.3. The molecule has 3 aromatic carbocycles. The molecular formula is C36H42F4N4O2. The van der Waals surface area contributed by atoms with E-state index < -0.39 is 35.3 Å². The smallest absolute Gasteiger partial charge is 0.315 e. The summed E-state index contributed by atoms with van der Waals surface area (Å²) in [5, 5.41) is 0. The van der Waals surface area contributed by atoms with Crippen molar-refractivity contribution in [2.75, 3.05) is 0 Å². The van der Waals surface area contributed by atoms with Crippen molar-refractivity contribution in [2.45, 2.75) is 89.4 Å². The quantitative estimate of drug-likeness (QED) is 0.221. The number of benzene rings is 3. The van der Waals surface area contributed by atoms with Crippen LogP contribution < -0.4 is 11.5 Å². The predicted octanol–water partition coefficient (Wildman–Crippen LogP) is 7.95. The number of rotatable bonds is 10. The highest BCUT2D eigenvalue weighted by Crippen LogP contribution is 2.43. The van der Waals surface area contributed by atoms with Crippen LogP contribution in [-0.2, 0) is 13.1 Å². The van der Waals surface area contributed by atoms with Crippen molar-refractivity contribution < 1.29 is 27.2 Å². The maximum atomic E-state index is 14.5. The van der Waals surface area contributed by atoms with Gasteiger partial charge in [0.15, 0.2) is 0 Å². The molecule has 2 fully saturated rings. The molecular weight excluding hydrogens is 596 g/mol. The molecule has 0 bridgehead atoms. The molecule has 0 aliphatic heterocycles. The molecule has 5 rings (SSSR count). The number of nitrogens with two attached hydrogens (primary N) is 2. The van der Waals surface area contributed by atoms with Crippen LogP contribution in [0.1, 0.15) is 86.5 Å². The number of amides is 4. The van der Waals surface area contributed by atoms with Gasteiger partial charge in [-0.3, -0.25) is 0 Å². The number of hydrogen-bond acceptors (Lipinski definition) is 2. The number of nitrogens with zero attached hydrogens (tertiary/aromatic N) is 2. The minimum absolute atomic E-state index is 0.0577. The fraction of sp³-hybridized carbons (Fsp3) is 0.444. The summed E-state index contributed by atoms with van der Waals surface area (Å²) in [4.78, 5) is 28.5. The highest BCUT2D eigenvalue weighted by Gasteiger charge is 2.36. The first-order valence-electron chi connectivity index (χ1n) is 16.0. The minimum atomic E-state index is -0.606. The SMILES string of the molecule is CC(C1CCC(c2ccc(F)cc2F)C1)N(Cc1cccc(CN(C(N)=O)C(C)C2CCC(c3ccc(F)cc3F)C2)c1)C(N)=O. The largest absolute Gasteiger partial charge is 0.351 e. The molecule has 4 amide bonds. The number of carbonyl (C=O) groups is 2. The highest BCUT2D eigenvalue weighted by molar-refractivity contribution is 5.73. The van der Waals surface area contributed by atoms with E-state index in [2.05, 4.69) is 0 Å². The summed E-state index contributed by atoms with van der Waals surface area (Å²) in [6.07, 6.45) is 4.37. The lowest BCUT2D eigenvalue weighted by atomic mass is 9.92. The number of primary amides is 2. The number of halogens is 4. The van der Waals surface area contributed by atoms with Gasteiger partial charge >= 0.3 is 12.1 Å². The molecule has 6 nitrogen and oxygen atoms in total. The highest BCUT2D eigenvalue weighted by atomic mass is 19.1. The first-order chi connectivity index (χ1) is 21.9. The zero-order valence-electron chi connectivity index (χ0n) is 26.3. The fourth-order valence-electron chi connectivity index (χ4n) is 7.71. The molecule has 3 aromatic rings. The standard InChI is InChI=1S/C36H42F4N4O2/c1-21(25-6-8-27(15-25)31-12-10-29(37)17-33(31)39)43(35(41)45)19-23-4-3-5-24(14-23)20-44(36(42)46)22(2)26-7-9-28(16-26)32-13-11-30(38)18-34(32)40/h3-5,10-14,17-18,21-22,25-28H,6-9,15-16,19-20H2,1-2H3,(H2,41,45)(H2,42,46). The van der Waals surface area contributed by atoms with Crippen molar-refractivity contribution in [1.29, 1.82) is 0 Å². The van der Waals surface area contributed by atoms with Crippen molar-refractivity contribution >= 4 is 12.1 Å². The lowest BCUT2D eigenvalue weighted by molar-refractivity contribution is 0.157. The Balaban J connectivity index is 1.23. The molecule has 0 spiro atoms. The van der Waals surface area contributed by atoms with E-state index in [0.29, 0.717) is 24.0 Å². The normalized spacial score (nSPS) is 22.4. The molecule has 0 heterocycles. The van der Waals surface area contributed by atoms with Gasteiger partial charge in [-0.15, -0.1) is 0 Å². The van der Waals surface area contributed by atoms with Crippen molar-refractivity contribution in [2.24, 2.45) is 23.3 Å². The molecule has 6 atom stereocenters. The first-order valence-corrected chi connectivity index (χ1v) is 16.0. The van der Waals surface area contributed by atoms with Crippen molar-refractivity contribution in [1.82, 2.24) is 9.80 Å². The molecule has 10 heteroatoms. The molecule has 0 radical (unpaired) electrons. The lowest BCUT2D eigenvalue weighted by Gasteiger charge is -2.33. The van der Waals surface area contributed by atoms with Crippen LogP contribution in [0.3, 0.4) is 0 Å². The third-order valence-corrected chi connectivity index (χ3v) is 10.4. The molecule has 0 aromatic heterocycles. The summed E-state index contributed by atoms with van der Waals surface area (Å²) in [6, 6.07) is 13.4. The summed E-state index contributed by atoms with van der Waals surface area (Å²) >= 11 is 0. The van der Waals surface area contributed by atoms with Crippen LogP contribution in [-0.4, -0.2) is 33.9 Å². The number of carbonyl (C=O) groups excluding carboxylic acids is 2. The summed E-state index contributed by atoms with van der Waals surface area (Å²) in [5.74, 6) is -2.23. The van der Waals surface area contributed by atoms with Gasteiger partial charge in [0.25, 0.3) is 0 Å². The van der Waals surface area contributed by atoms with Gasteiger partial charge in [-0.25, -0.2) is 27.2 Å². The van der Waals surface area contributed by atoms with Gasteiger partial charge in [-0.05, 0) is 110 Å². The molecule has 2 aliphatic rings. The Labute approximate surface area is 267 Å². The monoisotopic (exact) mass is 638 g/mol. The van der Waals surface area contributed by atoms with Crippen LogP contribution in [0.4, 0.5) is 27.2 Å². The molecule has 6 unspecified atom stereocenters. The van der Waals surface area contributed by atoms with Gasteiger partial charge in [-0.1, -0.05) is 36.4 Å². The Morgan fingerprint density at radius 3 is 1.46 bits per heavy atom. The van der Waals surface area contributed by atoms with Crippen LogP contribution in [0.2, 0.25) is 0 Å². The van der Waals surface area contributed by atoms with Crippen LogP contribution in [0.25, 0.3) is 0 Å². The number of hydrogen-bond donors (Lipinski definition) is 2. The van der Waals surface area contributed by atoms with Gasteiger partial charge in [0.05, 0.1) is 0 Å². The van der Waals surface area contributed by atoms with Gasteiger partial charge in [0.2, 0.25) is 0 Å². The summed E-state index contributed by atoms with van der Waals surface area (Å²) in [6.45, 7) is 4.42. The van der Waals surface area contributed by atoms with Crippen molar-refractivity contribution in [3.63, 3.8) is 0 Å². The maximum Gasteiger partial charge on any atom is 0.315 e. The molecule has 246 valence electrons. The Morgan fingerprint density at radius 1 is 0.674 bits per heavy atom. The second-order valence-corrected chi connectivity index (χ2v) is 13.1. The lowest BCUT2D eigenvalue weighted by Crippen LogP contribution is -2.45. The van der Waals surface area contributed by atoms with Crippen molar-refractivity contribution in [3.8, 4) is 0 Å². The molecule has 0 saturated heterocycles. The maximum absolute atomic E-state index is 14.5. The van der Waals surface area contributed by atoms with Crippen LogP contribution in [0.5, 0.6) is 0 Å². The second-order valence-electron chi connectivity index (χ2n) is 13.1. The summed E-state index contributed by atoms with van der Waals surface area (Å²) < 4.78 is 55.8. The topological polar surface area (TPSA) is 92.7 Å². The molecule has 2 saturated carbocycles. The minimum Gasteiger partial charge on any atom is -0.351 e. The number of urea groups is 2. The van der Waals surface area contributed by atoms with Gasteiger partial charge < -0.3 is 21.3 Å². The van der Waals surface area contributed by atoms with Crippen molar-refractivity contribution in [3.05, 3.63) is 106 Å². The third-order valence-electron chi connectivity index (χ3n) is 10.4. The van der Waals surface area contributed by atoms with Crippen LogP contribution >= 0.6 is 0 Å². The second kappa shape index (κ2) is 14.1. The van der Waals surface area contributed by atoms with Crippen LogP contribution in [0.15, 0.2) is 60.7 Å². The van der Waals surface area contributed by atoms with E-state index in [1.54, 1.807) is 9.80 Å². The Morgan fingerprint density at radius 2 is 1.09 bits per heavy atom. The predicted molar refractivity (Wildman–Crippen MR) is 168 cm³/mol. The Hall–Kier alpha value is -4.08. The van der Waals surface area contributed by atoms with E-state index in [9.17, 15) is 27.2 Å². The first kappa shape index (κ1) is 33.3. The third kappa shape index (κ3) is 7.48. The molecule has 46 heavy (non-hydrogen) atoms. The average Bonchev–Trinajstić information content (AvgIpc) is 3.69. The van der Waals surface area contributed by atoms with E-state index >= 15 is 0 Å². The van der Waals surface area contributed by atoms with E-state index in [0.717, 1.165) is 48.9 Å². The van der Waals surface area contributed by atoms with E-state index in [-0.39, 0.29) is 48.8 Å². The molecule has 2 aliphatic carbocycles. The summed E-state index contributed by atoms with van der Waals surface area (Å²) in [5.41, 5.74) is 14.4. The van der Waals surface area contributed by atoms with Crippen LogP contribution in [0, 0.1) is 35.1 Å². The summed E-state index contributed by atoms with van der Waals surface area (Å²) in [7, 11) is 0. The Kier molecular flexibility index (Phi) is 10.2. The zero-order chi connectivity index (χ0) is 33.1. The fourth-order valence-corrected chi connectivity index (χ4v) is 7.71. The van der Waals surface area contributed by atoms with Gasteiger partial charge in [0.1, 0.15) is 23.3 Å². The van der Waals surface area contributed by atoms with E-state index in [1.807, 2.05) is 38.1 Å². The van der Waals surface area contributed by atoms with Gasteiger partial charge in [-0.2, -0.15) is 0 Å². The Bertz CT molecular complexity index is 1460.